The molecule has 2 amide bonds. The monoisotopic (exact) mass is 329 g/mol. The van der Waals surface area contributed by atoms with Crippen LogP contribution in [-0.2, 0) is 11.2 Å². The SMILES string of the molecule is CCc1nc2cc(NC(=O)N[C@H](COC)c3ccco3)ccc2o1. The zero-order chi connectivity index (χ0) is 16.9. The summed E-state index contributed by atoms with van der Waals surface area (Å²) >= 11 is 0. The van der Waals surface area contributed by atoms with Gasteiger partial charge >= 0.3 is 6.03 Å². The highest BCUT2D eigenvalue weighted by molar-refractivity contribution is 5.91. The largest absolute Gasteiger partial charge is 0.467 e. The fourth-order valence-corrected chi connectivity index (χ4v) is 2.38. The maximum Gasteiger partial charge on any atom is 0.319 e. The van der Waals surface area contributed by atoms with Gasteiger partial charge in [-0.2, -0.15) is 0 Å². The van der Waals surface area contributed by atoms with Crippen molar-refractivity contribution in [1.29, 1.82) is 0 Å². The minimum Gasteiger partial charge on any atom is -0.467 e. The number of fused-ring (bicyclic) bond motifs is 1. The van der Waals surface area contributed by atoms with E-state index in [4.69, 9.17) is 13.6 Å². The molecule has 2 heterocycles. The van der Waals surface area contributed by atoms with Crippen molar-refractivity contribution >= 4 is 22.8 Å². The molecule has 0 fully saturated rings. The third-order valence-electron chi connectivity index (χ3n) is 3.52. The van der Waals surface area contributed by atoms with Gasteiger partial charge in [0.2, 0.25) is 0 Å². The number of hydrogen-bond acceptors (Lipinski definition) is 5. The summed E-state index contributed by atoms with van der Waals surface area (Å²) in [7, 11) is 1.57. The van der Waals surface area contributed by atoms with Gasteiger partial charge < -0.3 is 24.2 Å². The number of anilines is 1. The van der Waals surface area contributed by atoms with Gasteiger partial charge in [-0.1, -0.05) is 6.92 Å². The van der Waals surface area contributed by atoms with E-state index in [1.54, 1.807) is 43.7 Å². The molecule has 7 nitrogen and oxygen atoms in total. The van der Waals surface area contributed by atoms with Crippen molar-refractivity contribution in [1.82, 2.24) is 10.3 Å². The average Bonchev–Trinajstić information content (AvgIpc) is 3.23. The Balaban J connectivity index is 1.69. The molecule has 3 rings (SSSR count). The Kier molecular flexibility index (Phi) is 4.81. The van der Waals surface area contributed by atoms with Crippen LogP contribution in [0.4, 0.5) is 10.5 Å². The van der Waals surface area contributed by atoms with E-state index in [1.165, 1.54) is 0 Å². The molecule has 2 N–H and O–H groups in total. The number of methoxy groups -OCH3 is 1. The first kappa shape index (κ1) is 16.1. The van der Waals surface area contributed by atoms with Crippen LogP contribution in [0.3, 0.4) is 0 Å². The molecule has 3 aromatic rings. The lowest BCUT2D eigenvalue weighted by atomic mass is 10.2. The minimum atomic E-state index is -0.368. The maximum atomic E-state index is 12.2. The Bertz CT molecular complexity index is 810. The lowest BCUT2D eigenvalue weighted by Gasteiger charge is -2.16. The van der Waals surface area contributed by atoms with E-state index < -0.39 is 0 Å². The van der Waals surface area contributed by atoms with Gasteiger partial charge in [-0.25, -0.2) is 9.78 Å². The van der Waals surface area contributed by atoms with E-state index >= 15 is 0 Å². The summed E-state index contributed by atoms with van der Waals surface area (Å²) in [5.74, 6) is 1.30. The van der Waals surface area contributed by atoms with Crippen LogP contribution in [0.5, 0.6) is 0 Å². The van der Waals surface area contributed by atoms with E-state index in [0.29, 0.717) is 35.0 Å². The standard InChI is InChI=1S/C17H19N3O4/c1-3-16-19-12-9-11(6-7-15(12)24-16)18-17(21)20-13(10-22-2)14-5-4-8-23-14/h4-9,13H,3,10H2,1-2H3,(H2,18,20,21)/t13-/m1/s1. The second-order valence-corrected chi connectivity index (χ2v) is 5.27. The molecule has 0 aliphatic carbocycles. The molecule has 7 heteroatoms. The average molecular weight is 329 g/mol. The molecule has 1 atom stereocenters. The van der Waals surface area contributed by atoms with E-state index in [9.17, 15) is 4.79 Å². The smallest absolute Gasteiger partial charge is 0.319 e. The molecular weight excluding hydrogens is 310 g/mol. The van der Waals surface area contributed by atoms with Crippen LogP contribution < -0.4 is 10.6 Å². The van der Waals surface area contributed by atoms with Crippen molar-refractivity contribution in [2.24, 2.45) is 0 Å². The summed E-state index contributed by atoms with van der Waals surface area (Å²) in [5, 5.41) is 5.60. The third-order valence-corrected chi connectivity index (χ3v) is 3.52. The number of carbonyl (C=O) groups excluding carboxylic acids is 1. The van der Waals surface area contributed by atoms with E-state index in [1.807, 2.05) is 6.92 Å². The highest BCUT2D eigenvalue weighted by atomic mass is 16.5. The summed E-state index contributed by atoms with van der Waals surface area (Å²) in [6.07, 6.45) is 2.28. The van der Waals surface area contributed by atoms with Crippen molar-refractivity contribution in [3.8, 4) is 0 Å². The highest BCUT2D eigenvalue weighted by Gasteiger charge is 2.17. The van der Waals surface area contributed by atoms with Crippen LogP contribution in [-0.4, -0.2) is 24.7 Å². The van der Waals surface area contributed by atoms with Gasteiger partial charge in [0.05, 0.1) is 12.9 Å². The van der Waals surface area contributed by atoms with Crippen LogP contribution in [0, 0.1) is 0 Å². The van der Waals surface area contributed by atoms with Gasteiger partial charge in [0.25, 0.3) is 0 Å². The lowest BCUT2D eigenvalue weighted by molar-refractivity contribution is 0.159. The second kappa shape index (κ2) is 7.18. The van der Waals surface area contributed by atoms with Crippen molar-refractivity contribution in [2.45, 2.75) is 19.4 Å². The number of rotatable bonds is 6. The van der Waals surface area contributed by atoms with E-state index in [0.717, 1.165) is 6.42 Å². The van der Waals surface area contributed by atoms with E-state index in [2.05, 4.69) is 15.6 Å². The first-order valence-corrected chi connectivity index (χ1v) is 7.69. The Morgan fingerprint density at radius 1 is 1.38 bits per heavy atom. The summed E-state index contributed by atoms with van der Waals surface area (Å²) in [6, 6.07) is 8.16. The fourth-order valence-electron chi connectivity index (χ4n) is 2.38. The molecule has 24 heavy (non-hydrogen) atoms. The first-order valence-electron chi connectivity index (χ1n) is 7.69. The van der Waals surface area contributed by atoms with Gasteiger partial charge in [0.1, 0.15) is 17.3 Å². The van der Waals surface area contributed by atoms with Crippen molar-refractivity contribution in [3.63, 3.8) is 0 Å². The number of aromatic nitrogens is 1. The van der Waals surface area contributed by atoms with E-state index in [-0.39, 0.29) is 12.1 Å². The summed E-state index contributed by atoms with van der Waals surface area (Å²) in [6.45, 7) is 2.28. The predicted octanol–water partition coefficient (Wildman–Crippen LogP) is 3.49. The maximum absolute atomic E-state index is 12.2. The first-order chi connectivity index (χ1) is 11.7. The molecular formula is C17H19N3O4. The lowest BCUT2D eigenvalue weighted by Crippen LogP contribution is -2.34. The Morgan fingerprint density at radius 2 is 2.25 bits per heavy atom. The van der Waals surface area contributed by atoms with Crippen LogP contribution in [0.15, 0.2) is 45.4 Å². The Labute approximate surface area is 139 Å². The number of urea groups is 1. The van der Waals surface area contributed by atoms with Crippen LogP contribution in [0.2, 0.25) is 0 Å². The van der Waals surface area contributed by atoms with Gasteiger partial charge in [-0.15, -0.1) is 0 Å². The molecule has 2 aromatic heterocycles. The Hall–Kier alpha value is -2.80. The number of oxazole rings is 1. The number of hydrogen-bond donors (Lipinski definition) is 2. The molecule has 0 saturated heterocycles. The summed E-state index contributed by atoms with van der Waals surface area (Å²) < 4.78 is 16.0. The number of carbonyl (C=O) groups is 1. The zero-order valence-corrected chi connectivity index (χ0v) is 13.5. The molecule has 0 aliphatic rings. The third kappa shape index (κ3) is 3.57. The number of amides is 2. The quantitative estimate of drug-likeness (QED) is 0.722. The van der Waals surface area contributed by atoms with Gasteiger partial charge in [-0.05, 0) is 30.3 Å². The fraction of sp³-hybridized carbons (Fsp3) is 0.294. The normalized spacial score (nSPS) is 12.2. The van der Waals surface area contributed by atoms with Crippen LogP contribution >= 0.6 is 0 Å². The number of benzene rings is 1. The molecule has 0 bridgehead atoms. The number of nitrogens with one attached hydrogen (secondary N) is 2. The second-order valence-electron chi connectivity index (χ2n) is 5.27. The van der Waals surface area contributed by atoms with Crippen LogP contribution in [0.1, 0.15) is 24.6 Å². The molecule has 0 unspecified atom stereocenters. The predicted molar refractivity (Wildman–Crippen MR) is 88.9 cm³/mol. The molecule has 0 aliphatic heterocycles. The zero-order valence-electron chi connectivity index (χ0n) is 13.5. The van der Waals surface area contributed by atoms with Crippen LogP contribution in [0.25, 0.3) is 11.1 Å². The highest BCUT2D eigenvalue weighted by Crippen LogP contribution is 2.20. The topological polar surface area (TPSA) is 89.5 Å². The van der Waals surface area contributed by atoms with Gasteiger partial charge in [-0.3, -0.25) is 0 Å². The number of ether oxygens (including phenoxy) is 1. The number of nitrogens with zero attached hydrogens (tertiary/aromatic N) is 1. The van der Waals surface area contributed by atoms with Crippen molar-refractivity contribution < 1.29 is 18.4 Å². The molecule has 0 saturated carbocycles. The molecule has 0 spiro atoms. The molecule has 0 radical (unpaired) electrons. The van der Waals surface area contributed by atoms with Crippen molar-refractivity contribution in [3.05, 3.63) is 48.2 Å². The minimum absolute atomic E-state index is 0.309. The van der Waals surface area contributed by atoms with Crippen molar-refractivity contribution in [2.75, 3.05) is 19.0 Å². The molecule has 126 valence electrons. The van der Waals surface area contributed by atoms with Gasteiger partial charge in [0, 0.05) is 19.2 Å². The Morgan fingerprint density at radius 3 is 2.96 bits per heavy atom. The van der Waals surface area contributed by atoms with Gasteiger partial charge in [0.15, 0.2) is 11.5 Å². The number of aryl methyl sites for hydroxylation is 1. The number of furan rings is 1. The molecule has 1 aromatic carbocycles. The summed E-state index contributed by atoms with van der Waals surface area (Å²) in [5.41, 5.74) is 2.04. The summed E-state index contributed by atoms with van der Waals surface area (Å²) in [4.78, 5) is 16.6.